The van der Waals surface area contributed by atoms with Crippen molar-refractivity contribution in [2.24, 2.45) is 0 Å². The fraction of sp³-hybridized carbons (Fsp3) is 0.333. The third-order valence-corrected chi connectivity index (χ3v) is 3.74. The first-order chi connectivity index (χ1) is 9.52. The maximum atomic E-state index is 12.4. The van der Waals surface area contributed by atoms with Crippen LogP contribution in [0.25, 0.3) is 0 Å². The first-order valence-electron chi connectivity index (χ1n) is 6.53. The summed E-state index contributed by atoms with van der Waals surface area (Å²) in [7, 11) is 0. The lowest BCUT2D eigenvalue weighted by Gasteiger charge is -2.12. The zero-order valence-corrected chi connectivity index (χ0v) is 13.0. The van der Waals surface area contributed by atoms with Crippen LogP contribution in [0.15, 0.2) is 35.2 Å². The van der Waals surface area contributed by atoms with E-state index in [4.69, 9.17) is 0 Å². The van der Waals surface area contributed by atoms with Crippen molar-refractivity contribution >= 4 is 23.5 Å². The molecule has 0 aliphatic carbocycles. The Kier molecular flexibility index (Phi) is 4.49. The molecule has 5 heteroatoms. The van der Waals surface area contributed by atoms with Crippen LogP contribution in [0.2, 0.25) is 0 Å². The number of carbonyl (C=O) groups excluding carboxylic acids is 1. The highest BCUT2D eigenvalue weighted by molar-refractivity contribution is 7.98. The minimum atomic E-state index is -0.100. The summed E-state index contributed by atoms with van der Waals surface area (Å²) in [5.41, 5.74) is 1.58. The normalized spacial score (nSPS) is 10.8. The number of nitrogens with one attached hydrogen (secondary N) is 1. The minimum Gasteiger partial charge on any atom is -0.307 e. The Morgan fingerprint density at radius 3 is 2.70 bits per heavy atom. The van der Waals surface area contributed by atoms with Crippen molar-refractivity contribution in [3.05, 3.63) is 41.6 Å². The molecule has 0 radical (unpaired) electrons. The first kappa shape index (κ1) is 14.7. The van der Waals surface area contributed by atoms with E-state index in [0.717, 1.165) is 16.4 Å². The Balaban J connectivity index is 2.28. The summed E-state index contributed by atoms with van der Waals surface area (Å²) in [5.74, 6) is 0.634. The average molecular weight is 289 g/mol. The molecule has 0 bridgehead atoms. The fourth-order valence-electron chi connectivity index (χ4n) is 2.02. The largest absolute Gasteiger partial charge is 0.307 e. The zero-order chi connectivity index (χ0) is 14.7. The van der Waals surface area contributed by atoms with Crippen LogP contribution in [-0.4, -0.2) is 21.9 Å². The summed E-state index contributed by atoms with van der Waals surface area (Å²) in [4.78, 5) is 13.4. The maximum absolute atomic E-state index is 12.4. The number of nitrogens with zero attached hydrogens (tertiary/aromatic N) is 2. The molecule has 2 rings (SSSR count). The molecule has 1 aromatic carbocycles. The minimum absolute atomic E-state index is 0.100. The van der Waals surface area contributed by atoms with Crippen LogP contribution in [0.5, 0.6) is 0 Å². The first-order valence-corrected chi connectivity index (χ1v) is 7.76. The number of rotatable bonds is 4. The molecule has 1 aromatic heterocycles. The van der Waals surface area contributed by atoms with Crippen LogP contribution in [0.3, 0.4) is 0 Å². The van der Waals surface area contributed by atoms with Gasteiger partial charge in [-0.1, -0.05) is 12.1 Å². The van der Waals surface area contributed by atoms with E-state index < -0.39 is 0 Å². The lowest BCUT2D eigenvalue weighted by molar-refractivity contribution is 0.102. The van der Waals surface area contributed by atoms with Gasteiger partial charge in [0.25, 0.3) is 5.91 Å². The highest BCUT2D eigenvalue weighted by atomic mass is 32.2. The van der Waals surface area contributed by atoms with Crippen LogP contribution in [-0.2, 0) is 0 Å². The SMILES string of the molecule is CSc1ccccc1C(=O)Nc1cc(C)nn1C(C)C. The average Bonchev–Trinajstić information content (AvgIpc) is 2.79. The summed E-state index contributed by atoms with van der Waals surface area (Å²) in [6.45, 7) is 6.00. The summed E-state index contributed by atoms with van der Waals surface area (Å²) < 4.78 is 1.83. The van der Waals surface area contributed by atoms with E-state index >= 15 is 0 Å². The van der Waals surface area contributed by atoms with Gasteiger partial charge in [-0.15, -0.1) is 11.8 Å². The Bertz CT molecular complexity index is 619. The second-order valence-corrected chi connectivity index (χ2v) is 5.71. The molecule has 0 atom stereocenters. The zero-order valence-electron chi connectivity index (χ0n) is 12.2. The lowest BCUT2D eigenvalue weighted by Crippen LogP contribution is -2.17. The van der Waals surface area contributed by atoms with Crippen molar-refractivity contribution in [1.29, 1.82) is 0 Å². The maximum Gasteiger partial charge on any atom is 0.257 e. The van der Waals surface area contributed by atoms with E-state index in [9.17, 15) is 4.79 Å². The van der Waals surface area contributed by atoms with Crippen molar-refractivity contribution in [2.75, 3.05) is 11.6 Å². The molecular weight excluding hydrogens is 270 g/mol. The van der Waals surface area contributed by atoms with Crippen molar-refractivity contribution in [3.8, 4) is 0 Å². The Hall–Kier alpha value is -1.75. The Labute approximate surface area is 123 Å². The molecule has 1 amide bonds. The quantitative estimate of drug-likeness (QED) is 0.872. The van der Waals surface area contributed by atoms with E-state index in [-0.39, 0.29) is 11.9 Å². The lowest BCUT2D eigenvalue weighted by atomic mass is 10.2. The number of aryl methyl sites for hydroxylation is 1. The van der Waals surface area contributed by atoms with Crippen molar-refractivity contribution in [3.63, 3.8) is 0 Å². The van der Waals surface area contributed by atoms with Gasteiger partial charge < -0.3 is 5.32 Å². The number of hydrogen-bond acceptors (Lipinski definition) is 3. The van der Waals surface area contributed by atoms with Crippen molar-refractivity contribution in [1.82, 2.24) is 9.78 Å². The standard InChI is InChI=1S/C15H19N3OS/c1-10(2)18-14(9-11(3)17-18)16-15(19)12-7-5-6-8-13(12)20-4/h5-10H,1-4H3,(H,16,19). The second kappa shape index (κ2) is 6.13. The summed E-state index contributed by atoms with van der Waals surface area (Å²) in [6, 6.07) is 9.69. The van der Waals surface area contributed by atoms with Crippen LogP contribution < -0.4 is 5.32 Å². The molecule has 0 spiro atoms. The number of thioether (sulfide) groups is 1. The monoisotopic (exact) mass is 289 g/mol. The molecule has 1 heterocycles. The molecule has 4 nitrogen and oxygen atoms in total. The summed E-state index contributed by atoms with van der Waals surface area (Å²) in [5, 5.41) is 7.35. The van der Waals surface area contributed by atoms with Gasteiger partial charge in [0.1, 0.15) is 5.82 Å². The topological polar surface area (TPSA) is 46.9 Å². The summed E-state index contributed by atoms with van der Waals surface area (Å²) >= 11 is 1.57. The fourth-order valence-corrected chi connectivity index (χ4v) is 2.61. The highest BCUT2D eigenvalue weighted by Gasteiger charge is 2.15. The predicted molar refractivity (Wildman–Crippen MR) is 83.5 cm³/mol. The third kappa shape index (κ3) is 3.04. The van der Waals surface area contributed by atoms with Crippen LogP contribution >= 0.6 is 11.8 Å². The molecule has 0 aliphatic heterocycles. The van der Waals surface area contributed by atoms with Gasteiger partial charge in [-0.05, 0) is 39.2 Å². The number of carbonyl (C=O) groups is 1. The van der Waals surface area contributed by atoms with Gasteiger partial charge in [0.2, 0.25) is 0 Å². The van der Waals surface area contributed by atoms with Gasteiger partial charge in [0.05, 0.1) is 11.3 Å². The van der Waals surface area contributed by atoms with Gasteiger partial charge in [0, 0.05) is 17.0 Å². The highest BCUT2D eigenvalue weighted by Crippen LogP contribution is 2.22. The van der Waals surface area contributed by atoms with E-state index in [1.807, 2.05) is 62.0 Å². The van der Waals surface area contributed by atoms with E-state index in [0.29, 0.717) is 5.56 Å². The van der Waals surface area contributed by atoms with E-state index in [2.05, 4.69) is 10.4 Å². The van der Waals surface area contributed by atoms with Crippen LogP contribution in [0, 0.1) is 6.92 Å². The van der Waals surface area contributed by atoms with E-state index in [1.165, 1.54) is 0 Å². The Morgan fingerprint density at radius 2 is 2.05 bits per heavy atom. The molecule has 0 unspecified atom stereocenters. The Morgan fingerprint density at radius 1 is 1.35 bits per heavy atom. The molecule has 0 aliphatic rings. The molecule has 106 valence electrons. The molecule has 0 saturated carbocycles. The van der Waals surface area contributed by atoms with Crippen LogP contribution in [0.1, 0.15) is 35.9 Å². The summed E-state index contributed by atoms with van der Waals surface area (Å²) in [6.07, 6.45) is 1.97. The second-order valence-electron chi connectivity index (χ2n) is 4.86. The molecule has 2 aromatic rings. The number of hydrogen-bond donors (Lipinski definition) is 1. The third-order valence-electron chi connectivity index (χ3n) is 2.94. The van der Waals surface area contributed by atoms with Gasteiger partial charge in [-0.25, -0.2) is 4.68 Å². The smallest absolute Gasteiger partial charge is 0.257 e. The number of benzene rings is 1. The molecular formula is C15H19N3OS. The van der Waals surface area contributed by atoms with Gasteiger partial charge in [-0.2, -0.15) is 5.10 Å². The van der Waals surface area contributed by atoms with Gasteiger partial charge in [-0.3, -0.25) is 4.79 Å². The van der Waals surface area contributed by atoms with Crippen LogP contribution in [0.4, 0.5) is 5.82 Å². The number of anilines is 1. The van der Waals surface area contributed by atoms with Gasteiger partial charge in [0.15, 0.2) is 0 Å². The number of aromatic nitrogens is 2. The van der Waals surface area contributed by atoms with Crippen molar-refractivity contribution < 1.29 is 4.79 Å². The molecule has 0 fully saturated rings. The molecule has 20 heavy (non-hydrogen) atoms. The van der Waals surface area contributed by atoms with E-state index in [1.54, 1.807) is 11.8 Å². The molecule has 0 saturated heterocycles. The predicted octanol–water partition coefficient (Wildman–Crippen LogP) is 3.75. The molecule has 1 N–H and O–H groups in total. The van der Waals surface area contributed by atoms with Crippen molar-refractivity contribution in [2.45, 2.75) is 31.7 Å². The van der Waals surface area contributed by atoms with Gasteiger partial charge >= 0.3 is 0 Å². The number of amides is 1.